The number of nitrogens with one attached hydrogen (secondary N) is 2. The molecule has 9 heteroatoms. The zero-order valence-corrected chi connectivity index (χ0v) is 23.2. The molecule has 1 heterocycles. The maximum absolute atomic E-state index is 13.1. The van der Waals surface area contributed by atoms with Gasteiger partial charge in [0.25, 0.3) is 0 Å². The molecule has 39 heavy (non-hydrogen) atoms. The van der Waals surface area contributed by atoms with Crippen LogP contribution in [-0.2, 0) is 16.1 Å². The van der Waals surface area contributed by atoms with Gasteiger partial charge in [-0.1, -0.05) is 39.2 Å². The molecule has 4 N–H and O–H groups in total. The number of aliphatic hydroxyl groups is 2. The first-order valence-electron chi connectivity index (χ1n) is 14.6. The van der Waals surface area contributed by atoms with Crippen LogP contribution >= 0.6 is 0 Å². The highest BCUT2D eigenvalue weighted by atomic mass is 16.7. The van der Waals surface area contributed by atoms with Crippen molar-refractivity contribution in [2.24, 2.45) is 22.7 Å². The summed E-state index contributed by atoms with van der Waals surface area (Å²) in [4.78, 5) is 25.9. The zero-order chi connectivity index (χ0) is 27.6. The predicted octanol–water partition coefficient (Wildman–Crippen LogP) is 4.03. The van der Waals surface area contributed by atoms with E-state index in [4.69, 9.17) is 14.2 Å². The van der Waals surface area contributed by atoms with Crippen LogP contribution in [0.25, 0.3) is 0 Å². The molecule has 0 radical (unpaired) electrons. The van der Waals surface area contributed by atoms with E-state index in [1.807, 2.05) is 25.1 Å². The number of hydrogen-bond acceptors (Lipinski definition) is 7. The number of aliphatic hydroxyl groups excluding tert-OH is 2. The van der Waals surface area contributed by atoms with Crippen LogP contribution in [0, 0.1) is 22.7 Å². The fraction of sp³-hybridized carbons (Fsp3) is 0.733. The lowest BCUT2D eigenvalue weighted by atomic mass is 9.46. The van der Waals surface area contributed by atoms with Crippen molar-refractivity contribution < 1.29 is 34.0 Å². The summed E-state index contributed by atoms with van der Waals surface area (Å²) < 4.78 is 16.8. The van der Waals surface area contributed by atoms with Gasteiger partial charge >= 0.3 is 6.09 Å². The van der Waals surface area contributed by atoms with E-state index in [1.54, 1.807) is 0 Å². The van der Waals surface area contributed by atoms with Gasteiger partial charge in [0.2, 0.25) is 12.7 Å². The summed E-state index contributed by atoms with van der Waals surface area (Å²) in [6, 6.07) is 5.77. The number of hydrogen-bond donors (Lipinski definition) is 4. The average Bonchev–Trinajstić information content (AvgIpc) is 3.40. The summed E-state index contributed by atoms with van der Waals surface area (Å²) in [5.74, 6) is 1.01. The monoisotopic (exact) mass is 544 g/mol. The Bertz CT molecular complexity index is 1040. The molecule has 0 saturated heterocycles. The lowest BCUT2D eigenvalue weighted by molar-refractivity contribution is -0.186. The lowest BCUT2D eigenvalue weighted by Crippen LogP contribution is -2.61. The van der Waals surface area contributed by atoms with Gasteiger partial charge in [-0.05, 0) is 73.5 Å². The summed E-state index contributed by atoms with van der Waals surface area (Å²) in [7, 11) is 0. The number of ether oxygens (including phenoxy) is 3. The summed E-state index contributed by atoms with van der Waals surface area (Å²) in [6.07, 6.45) is 6.77. The van der Waals surface area contributed by atoms with E-state index < -0.39 is 23.7 Å². The van der Waals surface area contributed by atoms with Crippen LogP contribution in [0.3, 0.4) is 0 Å². The van der Waals surface area contributed by atoms with Gasteiger partial charge in [0.05, 0.1) is 12.7 Å². The lowest BCUT2D eigenvalue weighted by Gasteiger charge is -2.60. The van der Waals surface area contributed by atoms with Crippen LogP contribution in [0.15, 0.2) is 18.2 Å². The second-order valence-electron chi connectivity index (χ2n) is 12.6. The van der Waals surface area contributed by atoms with Gasteiger partial charge in [0.15, 0.2) is 11.5 Å². The van der Waals surface area contributed by atoms with Gasteiger partial charge in [0.1, 0.15) is 6.10 Å². The Morgan fingerprint density at radius 2 is 1.82 bits per heavy atom. The van der Waals surface area contributed by atoms with Crippen molar-refractivity contribution in [2.75, 3.05) is 13.4 Å². The molecule has 1 aromatic carbocycles. The Kier molecular flexibility index (Phi) is 8.29. The molecular formula is C30H44N2O7. The van der Waals surface area contributed by atoms with Crippen molar-refractivity contribution in [3.05, 3.63) is 23.8 Å². The first-order chi connectivity index (χ1) is 18.7. The summed E-state index contributed by atoms with van der Waals surface area (Å²) in [5.41, 5.74) is -0.110. The van der Waals surface area contributed by atoms with E-state index in [0.717, 1.165) is 31.2 Å². The summed E-state index contributed by atoms with van der Waals surface area (Å²) in [5, 5.41) is 27.8. The molecule has 4 aliphatic rings. The standard InChI is InChI=1S/C30H44N2O7/c1-29-13-12-26(39-28(36)32-20-6-4-3-5-7-20)30(2,17-33)25(29)11-9-22(34)21(29)15-27(35)31-16-19-8-10-23-24(14-19)38-18-37-23/h8,10,14,20-22,25-26,33-34H,3-7,9,11-13,15-18H2,1-2H3,(H,31,35)(H,32,36)/t21-,22-,25?,26-,29+,30+/m1/s1. The topological polar surface area (TPSA) is 126 Å². The Labute approximate surface area is 231 Å². The molecule has 1 aliphatic heterocycles. The van der Waals surface area contributed by atoms with Gasteiger partial charge in [-0.3, -0.25) is 4.79 Å². The SMILES string of the molecule is C[C@]1(CO)C2CC[C@@H](O)[C@@H](CC(=O)NCc3ccc4c(c3)OCO4)[C@]2(C)CC[C@H]1OC(=O)NC1CCCCC1. The summed E-state index contributed by atoms with van der Waals surface area (Å²) in [6.45, 7) is 4.59. The fourth-order valence-corrected chi connectivity index (χ4v) is 7.88. The van der Waals surface area contributed by atoms with Crippen LogP contribution in [0.2, 0.25) is 0 Å². The molecule has 2 amide bonds. The Morgan fingerprint density at radius 3 is 2.59 bits per heavy atom. The van der Waals surface area contributed by atoms with Crippen LogP contribution in [0.4, 0.5) is 4.79 Å². The first kappa shape index (κ1) is 28.0. The molecule has 3 saturated carbocycles. The van der Waals surface area contributed by atoms with E-state index in [1.165, 1.54) is 6.42 Å². The fourth-order valence-electron chi connectivity index (χ4n) is 7.88. The Balaban J connectivity index is 1.23. The molecule has 0 spiro atoms. The number of rotatable bonds is 7. The predicted molar refractivity (Wildman–Crippen MR) is 144 cm³/mol. The smallest absolute Gasteiger partial charge is 0.407 e. The van der Waals surface area contributed by atoms with Crippen LogP contribution in [-0.4, -0.2) is 53.9 Å². The van der Waals surface area contributed by atoms with Crippen molar-refractivity contribution in [2.45, 2.75) is 103 Å². The minimum Gasteiger partial charge on any atom is -0.454 e. The van der Waals surface area contributed by atoms with Crippen molar-refractivity contribution >= 4 is 12.0 Å². The molecule has 6 atom stereocenters. The van der Waals surface area contributed by atoms with Crippen molar-refractivity contribution in [3.63, 3.8) is 0 Å². The molecule has 5 rings (SSSR count). The van der Waals surface area contributed by atoms with Crippen molar-refractivity contribution in [1.29, 1.82) is 0 Å². The second-order valence-corrected chi connectivity index (χ2v) is 12.6. The molecule has 0 aromatic heterocycles. The van der Waals surface area contributed by atoms with E-state index in [9.17, 15) is 19.8 Å². The Morgan fingerprint density at radius 1 is 1.05 bits per heavy atom. The third-order valence-corrected chi connectivity index (χ3v) is 10.2. The van der Waals surface area contributed by atoms with Gasteiger partial charge in [0, 0.05) is 24.4 Å². The van der Waals surface area contributed by atoms with Crippen LogP contribution < -0.4 is 20.1 Å². The van der Waals surface area contributed by atoms with Gasteiger partial charge in [-0.2, -0.15) is 0 Å². The largest absolute Gasteiger partial charge is 0.454 e. The van der Waals surface area contributed by atoms with E-state index in [-0.39, 0.29) is 49.0 Å². The number of benzene rings is 1. The van der Waals surface area contributed by atoms with E-state index in [2.05, 4.69) is 17.6 Å². The molecular weight excluding hydrogens is 500 g/mol. The molecule has 3 fully saturated rings. The zero-order valence-electron chi connectivity index (χ0n) is 23.2. The van der Waals surface area contributed by atoms with Crippen LogP contribution in [0.1, 0.15) is 83.6 Å². The van der Waals surface area contributed by atoms with Gasteiger partial charge in [-0.15, -0.1) is 0 Å². The highest BCUT2D eigenvalue weighted by Gasteiger charge is 2.60. The number of amides is 2. The van der Waals surface area contributed by atoms with E-state index in [0.29, 0.717) is 43.7 Å². The molecule has 216 valence electrons. The minimum atomic E-state index is -0.655. The molecule has 1 aromatic rings. The maximum Gasteiger partial charge on any atom is 0.407 e. The normalized spacial score (nSPS) is 34.2. The average molecular weight is 545 g/mol. The first-order valence-corrected chi connectivity index (χ1v) is 14.6. The van der Waals surface area contributed by atoms with Gasteiger partial charge < -0.3 is 35.1 Å². The second kappa shape index (κ2) is 11.5. The molecule has 0 bridgehead atoms. The number of carbonyl (C=O) groups is 2. The van der Waals surface area contributed by atoms with Crippen molar-refractivity contribution in [3.8, 4) is 11.5 Å². The highest BCUT2D eigenvalue weighted by molar-refractivity contribution is 5.76. The third kappa shape index (κ3) is 5.71. The molecule has 1 unspecified atom stereocenters. The van der Waals surface area contributed by atoms with Gasteiger partial charge in [-0.25, -0.2) is 4.79 Å². The number of alkyl carbamates (subject to hydrolysis) is 1. The quantitative estimate of drug-likeness (QED) is 0.408. The minimum absolute atomic E-state index is 0.00582. The third-order valence-electron chi connectivity index (χ3n) is 10.2. The molecule has 9 nitrogen and oxygen atoms in total. The van der Waals surface area contributed by atoms with Crippen molar-refractivity contribution in [1.82, 2.24) is 10.6 Å². The number of carbonyl (C=O) groups excluding carboxylic acids is 2. The number of fused-ring (bicyclic) bond motifs is 2. The Hall–Kier alpha value is -2.52. The summed E-state index contributed by atoms with van der Waals surface area (Å²) >= 11 is 0. The van der Waals surface area contributed by atoms with Crippen LogP contribution in [0.5, 0.6) is 11.5 Å². The van der Waals surface area contributed by atoms with E-state index >= 15 is 0 Å². The highest BCUT2D eigenvalue weighted by Crippen LogP contribution is 2.61. The maximum atomic E-state index is 13.1. The molecule has 3 aliphatic carbocycles.